The minimum atomic E-state index is -0.546. The number of rotatable bonds is 6. The van der Waals surface area contributed by atoms with E-state index in [1.807, 2.05) is 24.3 Å². The van der Waals surface area contributed by atoms with Crippen molar-refractivity contribution >= 4 is 40.3 Å². The number of fused-ring (bicyclic) bond motifs is 1. The first-order valence-electron chi connectivity index (χ1n) is 9.33. The minimum Gasteiger partial charge on any atom is -0.458 e. The average Bonchev–Trinajstić information content (AvgIpc) is 3.43. The van der Waals surface area contributed by atoms with E-state index in [9.17, 15) is 10.1 Å². The van der Waals surface area contributed by atoms with E-state index in [0.717, 1.165) is 11.0 Å². The molecule has 4 aromatic rings. The number of H-pyrrole nitrogens is 1. The smallest absolute Gasteiger partial charge is 0.339 e. The fourth-order valence-corrected chi connectivity index (χ4v) is 3.20. The number of esters is 1. The van der Waals surface area contributed by atoms with E-state index in [-0.39, 0.29) is 17.2 Å². The molecule has 152 valence electrons. The fraction of sp³-hybridized carbons (Fsp3) is 0.0417. The van der Waals surface area contributed by atoms with Crippen molar-refractivity contribution in [1.82, 2.24) is 9.97 Å². The van der Waals surface area contributed by atoms with Gasteiger partial charge < -0.3 is 14.1 Å². The van der Waals surface area contributed by atoms with Crippen molar-refractivity contribution in [2.75, 3.05) is 6.61 Å². The van der Waals surface area contributed by atoms with E-state index >= 15 is 0 Å². The van der Waals surface area contributed by atoms with E-state index in [2.05, 4.69) is 22.6 Å². The normalized spacial score (nSPS) is 11.3. The van der Waals surface area contributed by atoms with Crippen LogP contribution in [0, 0.1) is 11.3 Å². The van der Waals surface area contributed by atoms with E-state index < -0.39 is 5.97 Å². The number of hydrogen-bond acceptors (Lipinski definition) is 5. The lowest BCUT2D eigenvalue weighted by Crippen LogP contribution is -2.05. The van der Waals surface area contributed by atoms with Crippen LogP contribution >= 0.6 is 11.6 Å². The van der Waals surface area contributed by atoms with Crippen molar-refractivity contribution in [1.29, 1.82) is 5.26 Å². The van der Waals surface area contributed by atoms with Gasteiger partial charge in [-0.3, -0.25) is 0 Å². The van der Waals surface area contributed by atoms with Gasteiger partial charge in [0, 0.05) is 11.6 Å². The first-order valence-corrected chi connectivity index (χ1v) is 9.71. The molecule has 0 saturated heterocycles. The third-order valence-electron chi connectivity index (χ3n) is 4.48. The van der Waals surface area contributed by atoms with Gasteiger partial charge in [0.1, 0.15) is 30.0 Å². The number of nitrogens with one attached hydrogen (secondary N) is 1. The summed E-state index contributed by atoms with van der Waals surface area (Å²) >= 11 is 6.14. The highest BCUT2D eigenvalue weighted by atomic mass is 35.5. The first-order chi connectivity index (χ1) is 15.1. The second-order valence-corrected chi connectivity index (χ2v) is 6.96. The summed E-state index contributed by atoms with van der Waals surface area (Å²) < 4.78 is 10.9. The van der Waals surface area contributed by atoms with Crippen molar-refractivity contribution in [3.63, 3.8) is 0 Å². The van der Waals surface area contributed by atoms with Crippen LogP contribution in [0.5, 0.6) is 0 Å². The summed E-state index contributed by atoms with van der Waals surface area (Å²) in [7, 11) is 0. The Morgan fingerprint density at radius 2 is 2.10 bits per heavy atom. The number of aromatic nitrogens is 2. The first kappa shape index (κ1) is 20.2. The molecule has 0 aliphatic carbocycles. The number of nitriles is 1. The SMILES string of the molecule is C=CCOC(=O)c1cc(-c2ccc(/C=C(\C#N)c3nc4ccccc4[nH]3)o2)ccc1Cl. The van der Waals surface area contributed by atoms with Crippen molar-refractivity contribution in [2.45, 2.75) is 0 Å². The van der Waals surface area contributed by atoms with Crippen molar-refractivity contribution in [2.24, 2.45) is 0 Å². The fourth-order valence-electron chi connectivity index (χ4n) is 3.01. The Morgan fingerprint density at radius 1 is 1.26 bits per heavy atom. The summed E-state index contributed by atoms with van der Waals surface area (Å²) in [6.45, 7) is 3.61. The van der Waals surface area contributed by atoms with E-state index in [0.29, 0.717) is 28.5 Å². The molecule has 0 fully saturated rings. The highest BCUT2D eigenvalue weighted by Gasteiger charge is 2.15. The monoisotopic (exact) mass is 429 g/mol. The Bertz CT molecular complexity index is 1320. The second kappa shape index (κ2) is 8.74. The lowest BCUT2D eigenvalue weighted by molar-refractivity contribution is 0.0550. The van der Waals surface area contributed by atoms with Gasteiger partial charge in [0.2, 0.25) is 0 Å². The predicted molar refractivity (Wildman–Crippen MR) is 119 cm³/mol. The number of aromatic amines is 1. The van der Waals surface area contributed by atoms with Crippen LogP contribution in [0.2, 0.25) is 5.02 Å². The van der Waals surface area contributed by atoms with Crippen LogP contribution in [0.3, 0.4) is 0 Å². The number of halogens is 1. The van der Waals surface area contributed by atoms with Gasteiger partial charge in [0.15, 0.2) is 0 Å². The summed E-state index contributed by atoms with van der Waals surface area (Å²) in [4.78, 5) is 19.8. The average molecular weight is 430 g/mol. The summed E-state index contributed by atoms with van der Waals surface area (Å²) in [6.07, 6.45) is 3.09. The molecule has 2 heterocycles. The third-order valence-corrected chi connectivity index (χ3v) is 4.81. The molecule has 7 heteroatoms. The number of furan rings is 1. The topological polar surface area (TPSA) is 91.9 Å². The number of allylic oxidation sites excluding steroid dienone is 1. The van der Waals surface area contributed by atoms with Gasteiger partial charge in [-0.1, -0.05) is 36.4 Å². The zero-order valence-corrected chi connectivity index (χ0v) is 17.0. The summed E-state index contributed by atoms with van der Waals surface area (Å²) in [5.41, 5.74) is 2.83. The van der Waals surface area contributed by atoms with Crippen LogP contribution in [0.4, 0.5) is 0 Å². The van der Waals surface area contributed by atoms with Gasteiger partial charge >= 0.3 is 5.97 Å². The van der Waals surface area contributed by atoms with Crippen LogP contribution in [-0.4, -0.2) is 22.5 Å². The number of para-hydroxylation sites is 2. The molecular formula is C24H16ClN3O3. The largest absolute Gasteiger partial charge is 0.458 e. The molecule has 4 rings (SSSR count). The maximum atomic E-state index is 12.2. The third kappa shape index (κ3) is 4.27. The number of benzene rings is 2. The summed E-state index contributed by atoms with van der Waals surface area (Å²) in [5.74, 6) is 0.899. The molecule has 0 amide bonds. The second-order valence-electron chi connectivity index (χ2n) is 6.56. The van der Waals surface area contributed by atoms with Crippen molar-refractivity contribution in [3.8, 4) is 17.4 Å². The predicted octanol–water partition coefficient (Wildman–Crippen LogP) is 5.88. The number of carbonyl (C=O) groups excluding carboxylic acids is 1. The molecular weight excluding hydrogens is 414 g/mol. The molecule has 6 nitrogen and oxygen atoms in total. The molecule has 0 spiro atoms. The molecule has 0 aliphatic rings. The van der Waals surface area contributed by atoms with Crippen LogP contribution in [-0.2, 0) is 4.74 Å². The Labute approximate surface area is 183 Å². The zero-order chi connectivity index (χ0) is 21.8. The Morgan fingerprint density at radius 3 is 2.87 bits per heavy atom. The molecule has 1 N–H and O–H groups in total. The Kier molecular flexibility index (Phi) is 5.69. The number of imidazole rings is 1. The highest BCUT2D eigenvalue weighted by Crippen LogP contribution is 2.29. The van der Waals surface area contributed by atoms with Gasteiger partial charge in [-0.15, -0.1) is 0 Å². The molecule has 0 aliphatic heterocycles. The van der Waals surface area contributed by atoms with E-state index in [1.54, 1.807) is 36.4 Å². The maximum Gasteiger partial charge on any atom is 0.339 e. The molecule has 0 atom stereocenters. The Hall–Kier alpha value is -4.08. The minimum absolute atomic E-state index is 0.0911. The molecule has 0 unspecified atom stereocenters. The molecule has 31 heavy (non-hydrogen) atoms. The molecule has 0 saturated carbocycles. The molecule has 2 aromatic carbocycles. The van der Waals surface area contributed by atoms with Crippen molar-refractivity contribution < 1.29 is 13.9 Å². The number of ether oxygens (including phenoxy) is 1. The van der Waals surface area contributed by atoms with Crippen molar-refractivity contribution in [3.05, 3.63) is 89.4 Å². The standard InChI is InChI=1S/C24H16ClN3O3/c1-2-11-30-24(29)18-13-15(7-9-19(18)25)22-10-8-17(31-22)12-16(14-26)23-27-20-5-3-4-6-21(20)28-23/h2-10,12-13H,1,11H2,(H,27,28)/b16-12+. The van der Waals surface area contributed by atoms with Crippen LogP contribution in [0.1, 0.15) is 21.9 Å². The van der Waals surface area contributed by atoms with Gasteiger partial charge in [-0.25, -0.2) is 9.78 Å². The van der Waals surface area contributed by atoms with E-state index in [4.69, 9.17) is 20.8 Å². The summed E-state index contributed by atoms with van der Waals surface area (Å²) in [5, 5.41) is 9.87. The molecule has 0 radical (unpaired) electrons. The highest BCUT2D eigenvalue weighted by molar-refractivity contribution is 6.33. The number of nitrogens with zero attached hydrogens (tertiary/aromatic N) is 2. The van der Waals surface area contributed by atoms with Crippen LogP contribution in [0.15, 0.2) is 71.7 Å². The lowest BCUT2D eigenvalue weighted by atomic mass is 10.1. The quantitative estimate of drug-likeness (QED) is 0.234. The van der Waals surface area contributed by atoms with Gasteiger partial charge in [-0.05, 0) is 42.5 Å². The lowest BCUT2D eigenvalue weighted by Gasteiger charge is -2.06. The van der Waals surface area contributed by atoms with Gasteiger partial charge in [0.25, 0.3) is 0 Å². The van der Waals surface area contributed by atoms with Crippen LogP contribution in [0.25, 0.3) is 34.0 Å². The molecule has 2 aromatic heterocycles. The molecule has 0 bridgehead atoms. The Balaban J connectivity index is 1.64. The van der Waals surface area contributed by atoms with Crippen LogP contribution < -0.4 is 0 Å². The van der Waals surface area contributed by atoms with E-state index in [1.165, 1.54) is 6.08 Å². The maximum absolute atomic E-state index is 12.2. The van der Waals surface area contributed by atoms with Gasteiger partial charge in [-0.2, -0.15) is 5.26 Å². The van der Waals surface area contributed by atoms with Gasteiger partial charge in [0.05, 0.1) is 27.2 Å². The number of hydrogen-bond donors (Lipinski definition) is 1. The summed E-state index contributed by atoms with van der Waals surface area (Å²) in [6, 6.07) is 18.1. The number of carbonyl (C=O) groups is 1. The zero-order valence-electron chi connectivity index (χ0n) is 16.3.